The van der Waals surface area contributed by atoms with Gasteiger partial charge in [-0.1, -0.05) is 30.3 Å². The van der Waals surface area contributed by atoms with Gasteiger partial charge in [-0.05, 0) is 42.7 Å². The molecule has 0 bridgehead atoms. The lowest BCUT2D eigenvalue weighted by Gasteiger charge is -2.17. The molecule has 0 spiro atoms. The first-order valence-corrected chi connectivity index (χ1v) is 8.98. The number of rotatable bonds is 10. The van der Waals surface area contributed by atoms with Crippen LogP contribution >= 0.6 is 0 Å². The minimum atomic E-state index is 0.0474. The Morgan fingerprint density at radius 1 is 0.885 bits per heavy atom. The Hall–Kier alpha value is -2.79. The quantitative estimate of drug-likeness (QED) is 0.550. The molecule has 0 unspecified atom stereocenters. The SMILES string of the molecule is O=C(C[NH+](Cc1ccco1)Cc1ccco1)NCCCc1ccccc1. The topological polar surface area (TPSA) is 59.8 Å². The third kappa shape index (κ3) is 5.93. The average molecular weight is 353 g/mol. The second kappa shape index (κ2) is 9.63. The van der Waals surface area contributed by atoms with Gasteiger partial charge in [0.2, 0.25) is 0 Å². The van der Waals surface area contributed by atoms with Crippen molar-refractivity contribution < 1.29 is 18.5 Å². The lowest BCUT2D eigenvalue weighted by Crippen LogP contribution is -3.10. The van der Waals surface area contributed by atoms with Crippen molar-refractivity contribution >= 4 is 5.91 Å². The van der Waals surface area contributed by atoms with Crippen molar-refractivity contribution in [3.8, 4) is 0 Å². The van der Waals surface area contributed by atoms with Crippen LogP contribution in [-0.4, -0.2) is 19.0 Å². The fraction of sp³-hybridized carbons (Fsp3) is 0.286. The van der Waals surface area contributed by atoms with Gasteiger partial charge in [-0.15, -0.1) is 0 Å². The molecular formula is C21H25N2O3+. The van der Waals surface area contributed by atoms with Crippen LogP contribution in [0.25, 0.3) is 0 Å². The smallest absolute Gasteiger partial charge is 0.275 e. The molecule has 2 aromatic heterocycles. The number of furan rings is 2. The molecule has 5 heteroatoms. The van der Waals surface area contributed by atoms with Crippen molar-refractivity contribution in [2.24, 2.45) is 0 Å². The van der Waals surface area contributed by atoms with Gasteiger partial charge in [-0.3, -0.25) is 4.79 Å². The molecule has 1 amide bonds. The van der Waals surface area contributed by atoms with Crippen LogP contribution in [0.4, 0.5) is 0 Å². The summed E-state index contributed by atoms with van der Waals surface area (Å²) in [6.07, 6.45) is 5.21. The molecule has 26 heavy (non-hydrogen) atoms. The monoisotopic (exact) mass is 353 g/mol. The molecule has 0 aliphatic heterocycles. The maximum absolute atomic E-state index is 12.3. The van der Waals surface area contributed by atoms with E-state index < -0.39 is 0 Å². The molecule has 136 valence electrons. The zero-order valence-corrected chi connectivity index (χ0v) is 14.8. The summed E-state index contributed by atoms with van der Waals surface area (Å²) in [5, 5.41) is 3.02. The maximum Gasteiger partial charge on any atom is 0.275 e. The molecular weight excluding hydrogens is 328 g/mol. The van der Waals surface area contributed by atoms with E-state index in [4.69, 9.17) is 8.83 Å². The number of hydrogen-bond acceptors (Lipinski definition) is 3. The minimum Gasteiger partial charge on any atom is -0.463 e. The largest absolute Gasteiger partial charge is 0.463 e. The van der Waals surface area contributed by atoms with Crippen molar-refractivity contribution in [2.45, 2.75) is 25.9 Å². The molecule has 2 heterocycles. The van der Waals surface area contributed by atoms with Gasteiger partial charge in [0.1, 0.15) is 13.1 Å². The third-order valence-electron chi connectivity index (χ3n) is 4.23. The highest BCUT2D eigenvalue weighted by Crippen LogP contribution is 2.02. The molecule has 3 aromatic rings. The lowest BCUT2D eigenvalue weighted by molar-refractivity contribution is -0.921. The number of amides is 1. The Labute approximate surface area is 153 Å². The Morgan fingerprint density at radius 3 is 2.12 bits per heavy atom. The van der Waals surface area contributed by atoms with Crippen LogP contribution in [0.1, 0.15) is 23.5 Å². The first-order chi connectivity index (χ1) is 12.8. The van der Waals surface area contributed by atoms with Crippen LogP contribution in [0.15, 0.2) is 76.0 Å². The summed E-state index contributed by atoms with van der Waals surface area (Å²) >= 11 is 0. The summed E-state index contributed by atoms with van der Waals surface area (Å²) < 4.78 is 10.9. The van der Waals surface area contributed by atoms with Crippen molar-refractivity contribution in [1.29, 1.82) is 0 Å². The van der Waals surface area contributed by atoms with Crippen LogP contribution in [0.2, 0.25) is 0 Å². The molecule has 1 aromatic carbocycles. The summed E-state index contributed by atoms with van der Waals surface area (Å²) in [5.74, 6) is 1.78. The minimum absolute atomic E-state index is 0.0474. The van der Waals surface area contributed by atoms with Gasteiger partial charge < -0.3 is 19.1 Å². The van der Waals surface area contributed by atoms with Crippen molar-refractivity contribution in [3.05, 3.63) is 84.2 Å². The van der Waals surface area contributed by atoms with Gasteiger partial charge in [0.15, 0.2) is 18.1 Å². The second-order valence-electron chi connectivity index (χ2n) is 6.38. The number of carbonyl (C=O) groups is 1. The summed E-state index contributed by atoms with van der Waals surface area (Å²) in [6, 6.07) is 17.9. The number of benzene rings is 1. The van der Waals surface area contributed by atoms with Crippen LogP contribution < -0.4 is 10.2 Å². The lowest BCUT2D eigenvalue weighted by atomic mass is 10.1. The predicted octanol–water partition coefficient (Wildman–Crippen LogP) is 2.21. The number of quaternary nitrogens is 1. The summed E-state index contributed by atoms with van der Waals surface area (Å²) in [7, 11) is 0. The van der Waals surface area contributed by atoms with E-state index in [-0.39, 0.29) is 5.91 Å². The van der Waals surface area contributed by atoms with Gasteiger partial charge in [0.25, 0.3) is 5.91 Å². The number of carbonyl (C=O) groups excluding carboxylic acids is 1. The van der Waals surface area contributed by atoms with E-state index in [0.29, 0.717) is 26.2 Å². The summed E-state index contributed by atoms with van der Waals surface area (Å²) in [5.41, 5.74) is 1.30. The van der Waals surface area contributed by atoms with E-state index in [1.54, 1.807) is 12.5 Å². The van der Waals surface area contributed by atoms with E-state index in [0.717, 1.165) is 29.3 Å². The Morgan fingerprint density at radius 2 is 1.54 bits per heavy atom. The highest BCUT2D eigenvalue weighted by molar-refractivity contribution is 5.76. The zero-order valence-electron chi connectivity index (χ0n) is 14.8. The zero-order chi connectivity index (χ0) is 18.0. The Kier molecular flexibility index (Phi) is 6.67. The molecule has 0 atom stereocenters. The van der Waals surface area contributed by atoms with E-state index >= 15 is 0 Å². The van der Waals surface area contributed by atoms with Crippen molar-refractivity contribution in [1.82, 2.24) is 5.32 Å². The fourth-order valence-electron chi connectivity index (χ4n) is 2.96. The van der Waals surface area contributed by atoms with Crippen LogP contribution in [0.3, 0.4) is 0 Å². The highest BCUT2D eigenvalue weighted by atomic mass is 16.3. The Bertz CT molecular complexity index is 716. The first kappa shape index (κ1) is 18.0. The normalized spacial score (nSPS) is 11.0. The van der Waals surface area contributed by atoms with E-state index in [2.05, 4.69) is 17.4 Å². The second-order valence-corrected chi connectivity index (χ2v) is 6.38. The summed E-state index contributed by atoms with van der Waals surface area (Å²) in [4.78, 5) is 13.4. The van der Waals surface area contributed by atoms with Gasteiger partial charge in [-0.25, -0.2) is 0 Å². The molecule has 3 rings (SSSR count). The van der Waals surface area contributed by atoms with Gasteiger partial charge in [0, 0.05) is 6.54 Å². The highest BCUT2D eigenvalue weighted by Gasteiger charge is 2.18. The van der Waals surface area contributed by atoms with Gasteiger partial charge in [-0.2, -0.15) is 0 Å². The van der Waals surface area contributed by atoms with Gasteiger partial charge >= 0.3 is 0 Å². The van der Waals surface area contributed by atoms with Crippen molar-refractivity contribution in [3.63, 3.8) is 0 Å². The average Bonchev–Trinajstić information content (AvgIpc) is 3.34. The molecule has 5 nitrogen and oxygen atoms in total. The van der Waals surface area contributed by atoms with Crippen molar-refractivity contribution in [2.75, 3.05) is 13.1 Å². The molecule has 0 aliphatic rings. The molecule has 0 aliphatic carbocycles. The van der Waals surface area contributed by atoms with Crippen LogP contribution in [0, 0.1) is 0 Å². The fourth-order valence-corrected chi connectivity index (χ4v) is 2.96. The van der Waals surface area contributed by atoms with E-state index in [1.807, 2.05) is 42.5 Å². The molecule has 2 N–H and O–H groups in total. The first-order valence-electron chi connectivity index (χ1n) is 8.98. The van der Waals surface area contributed by atoms with Gasteiger partial charge in [0.05, 0.1) is 12.5 Å². The number of hydrogen-bond donors (Lipinski definition) is 2. The molecule has 0 radical (unpaired) electrons. The summed E-state index contributed by atoms with van der Waals surface area (Å²) in [6.45, 7) is 2.35. The van der Waals surface area contributed by atoms with Crippen LogP contribution in [0.5, 0.6) is 0 Å². The standard InChI is InChI=1S/C21H24N2O3/c24-21(22-12-4-9-18-7-2-1-3-8-18)17-23(15-19-10-5-13-25-19)16-20-11-6-14-26-20/h1-3,5-8,10-11,13-14H,4,9,12,15-17H2,(H,22,24)/p+1. The molecule has 0 fully saturated rings. The number of aryl methyl sites for hydroxylation is 1. The van der Waals surface area contributed by atoms with E-state index in [9.17, 15) is 4.79 Å². The molecule has 0 saturated carbocycles. The van der Waals surface area contributed by atoms with Crippen LogP contribution in [-0.2, 0) is 24.3 Å². The maximum atomic E-state index is 12.3. The Balaban J connectivity index is 1.45. The predicted molar refractivity (Wildman–Crippen MR) is 98.4 cm³/mol. The third-order valence-corrected chi connectivity index (χ3v) is 4.23. The van der Waals surface area contributed by atoms with E-state index in [1.165, 1.54) is 5.56 Å². The number of nitrogens with one attached hydrogen (secondary N) is 2. The molecule has 0 saturated heterocycles.